The van der Waals surface area contributed by atoms with E-state index in [1.165, 1.54) is 6.08 Å². The van der Waals surface area contributed by atoms with Crippen LogP contribution in [0.5, 0.6) is 0 Å². The molecule has 4 atom stereocenters. The number of hydrogen-bond donors (Lipinski definition) is 6. The summed E-state index contributed by atoms with van der Waals surface area (Å²) < 4.78 is 0. The molecule has 6 nitrogen and oxygen atoms in total. The highest BCUT2D eigenvalue weighted by Crippen LogP contribution is 2.16. The highest BCUT2D eigenvalue weighted by atomic mass is 16.4. The lowest BCUT2D eigenvalue weighted by Crippen LogP contribution is -2.46. The normalized spacial score (nSPS) is 18.1. The zero-order chi connectivity index (χ0) is 16.2. The molecule has 1 aromatic rings. The van der Waals surface area contributed by atoms with E-state index < -0.39 is 36.8 Å². The van der Waals surface area contributed by atoms with Crippen molar-refractivity contribution in [2.24, 2.45) is 0 Å². The van der Waals surface area contributed by atoms with Crippen LogP contribution in [0.4, 0.5) is 0 Å². The van der Waals surface area contributed by atoms with Gasteiger partial charge in [-0.05, 0) is 36.6 Å². The predicted molar refractivity (Wildman–Crippen MR) is 77.6 cm³/mol. The van der Waals surface area contributed by atoms with Crippen molar-refractivity contribution >= 4 is 6.08 Å². The first-order valence-corrected chi connectivity index (χ1v) is 6.58. The molecule has 0 aliphatic rings. The molecular formula is C15H22O6. The zero-order valence-electron chi connectivity index (χ0n) is 12.0. The molecule has 0 spiro atoms. The lowest BCUT2D eigenvalue weighted by atomic mass is 10.00. The Morgan fingerprint density at radius 3 is 2.19 bits per heavy atom. The SMILES string of the molecule is Cc1ccc(C=C(O)C(O)C(O)C(O)C(O)CO)cc1C. The second-order valence-electron chi connectivity index (χ2n) is 5.09. The first kappa shape index (κ1) is 17.6. The lowest BCUT2D eigenvalue weighted by Gasteiger charge is -2.25. The van der Waals surface area contributed by atoms with Crippen molar-refractivity contribution in [1.82, 2.24) is 0 Å². The summed E-state index contributed by atoms with van der Waals surface area (Å²) in [6, 6.07) is 5.38. The maximum absolute atomic E-state index is 9.80. The van der Waals surface area contributed by atoms with Crippen LogP contribution >= 0.6 is 0 Å². The molecule has 0 heterocycles. The summed E-state index contributed by atoms with van der Waals surface area (Å²) in [5.74, 6) is -0.546. The van der Waals surface area contributed by atoms with Gasteiger partial charge in [0.2, 0.25) is 0 Å². The molecule has 0 saturated carbocycles. The van der Waals surface area contributed by atoms with Gasteiger partial charge in [-0.2, -0.15) is 0 Å². The van der Waals surface area contributed by atoms with Gasteiger partial charge in [0.1, 0.15) is 30.2 Å². The second-order valence-corrected chi connectivity index (χ2v) is 5.09. The summed E-state index contributed by atoms with van der Waals surface area (Å²) >= 11 is 0. The highest BCUT2D eigenvalue weighted by molar-refractivity contribution is 5.54. The Labute approximate surface area is 123 Å². The zero-order valence-corrected chi connectivity index (χ0v) is 12.0. The van der Waals surface area contributed by atoms with Gasteiger partial charge in [-0.1, -0.05) is 18.2 Å². The average Bonchev–Trinajstić information content (AvgIpc) is 2.47. The Balaban J connectivity index is 2.87. The highest BCUT2D eigenvalue weighted by Gasteiger charge is 2.32. The van der Waals surface area contributed by atoms with Gasteiger partial charge in [0.15, 0.2) is 0 Å². The Hall–Kier alpha value is -1.44. The molecule has 0 fully saturated rings. The van der Waals surface area contributed by atoms with E-state index in [4.69, 9.17) is 5.11 Å². The second kappa shape index (κ2) is 7.53. The van der Waals surface area contributed by atoms with E-state index in [9.17, 15) is 25.5 Å². The number of benzene rings is 1. The first-order chi connectivity index (χ1) is 9.77. The summed E-state index contributed by atoms with van der Waals surface area (Å²) in [6.07, 6.45) is -5.72. The summed E-state index contributed by atoms with van der Waals surface area (Å²) in [7, 11) is 0. The number of aliphatic hydroxyl groups is 6. The smallest absolute Gasteiger partial charge is 0.139 e. The van der Waals surface area contributed by atoms with Crippen molar-refractivity contribution in [3.8, 4) is 0 Å². The Morgan fingerprint density at radius 1 is 1.05 bits per heavy atom. The Kier molecular flexibility index (Phi) is 6.32. The lowest BCUT2D eigenvalue weighted by molar-refractivity contribution is -0.112. The third-order valence-corrected chi connectivity index (χ3v) is 3.40. The van der Waals surface area contributed by atoms with Crippen LogP contribution in [0, 0.1) is 13.8 Å². The molecule has 0 aliphatic heterocycles. The van der Waals surface area contributed by atoms with Crippen LogP contribution in [0.15, 0.2) is 24.0 Å². The Morgan fingerprint density at radius 2 is 1.67 bits per heavy atom. The molecule has 6 heteroatoms. The van der Waals surface area contributed by atoms with Gasteiger partial charge in [0.25, 0.3) is 0 Å². The van der Waals surface area contributed by atoms with E-state index >= 15 is 0 Å². The van der Waals surface area contributed by atoms with Gasteiger partial charge in [-0.25, -0.2) is 0 Å². The van der Waals surface area contributed by atoms with Crippen LogP contribution in [0.25, 0.3) is 6.08 Å². The standard InChI is InChI=1S/C15H22O6/c1-8-3-4-10(5-9(8)2)6-11(17)13(19)15(21)14(20)12(18)7-16/h3-6,12-21H,7H2,1-2H3. The summed E-state index contributed by atoms with van der Waals surface area (Å²) in [4.78, 5) is 0. The van der Waals surface area contributed by atoms with Crippen molar-refractivity contribution in [3.63, 3.8) is 0 Å². The molecule has 0 amide bonds. The van der Waals surface area contributed by atoms with E-state index in [0.717, 1.165) is 11.1 Å². The van der Waals surface area contributed by atoms with E-state index in [0.29, 0.717) is 5.56 Å². The van der Waals surface area contributed by atoms with Gasteiger partial charge < -0.3 is 30.6 Å². The van der Waals surface area contributed by atoms with E-state index in [-0.39, 0.29) is 0 Å². The van der Waals surface area contributed by atoms with Crippen LogP contribution in [0.2, 0.25) is 0 Å². The van der Waals surface area contributed by atoms with Gasteiger partial charge in [-0.3, -0.25) is 0 Å². The first-order valence-electron chi connectivity index (χ1n) is 6.58. The fourth-order valence-corrected chi connectivity index (χ4v) is 1.81. The summed E-state index contributed by atoms with van der Waals surface area (Å²) in [6.45, 7) is 3.07. The van der Waals surface area contributed by atoms with Crippen LogP contribution in [-0.4, -0.2) is 61.7 Å². The third kappa shape index (κ3) is 4.52. The molecule has 6 N–H and O–H groups in total. The topological polar surface area (TPSA) is 121 Å². The molecule has 21 heavy (non-hydrogen) atoms. The molecule has 1 rings (SSSR count). The molecule has 0 saturated heterocycles. The summed E-state index contributed by atoms with van der Waals surface area (Å²) in [5, 5.41) is 56.6. The minimum atomic E-state index is -1.82. The minimum absolute atomic E-state index is 0.546. The predicted octanol–water partition coefficient (Wildman–Crippen LogP) is -0.362. The van der Waals surface area contributed by atoms with E-state index in [1.807, 2.05) is 19.9 Å². The molecular weight excluding hydrogens is 276 g/mol. The van der Waals surface area contributed by atoms with Crippen molar-refractivity contribution in [3.05, 3.63) is 40.6 Å². The number of hydrogen-bond acceptors (Lipinski definition) is 6. The van der Waals surface area contributed by atoms with E-state index in [1.54, 1.807) is 12.1 Å². The third-order valence-electron chi connectivity index (χ3n) is 3.40. The van der Waals surface area contributed by atoms with Crippen molar-refractivity contribution in [2.45, 2.75) is 38.3 Å². The van der Waals surface area contributed by atoms with Crippen molar-refractivity contribution in [2.75, 3.05) is 6.61 Å². The molecule has 0 aromatic heterocycles. The van der Waals surface area contributed by atoms with Gasteiger partial charge in [-0.15, -0.1) is 0 Å². The largest absolute Gasteiger partial charge is 0.509 e. The van der Waals surface area contributed by atoms with Gasteiger partial charge in [0.05, 0.1) is 6.61 Å². The fourth-order valence-electron chi connectivity index (χ4n) is 1.81. The van der Waals surface area contributed by atoms with Crippen molar-refractivity contribution < 1.29 is 30.6 Å². The monoisotopic (exact) mass is 298 g/mol. The average molecular weight is 298 g/mol. The summed E-state index contributed by atoms with van der Waals surface area (Å²) in [5.41, 5.74) is 2.70. The molecule has 1 aromatic carbocycles. The van der Waals surface area contributed by atoms with E-state index in [2.05, 4.69) is 0 Å². The van der Waals surface area contributed by atoms with Crippen LogP contribution in [0.1, 0.15) is 16.7 Å². The molecule has 0 aliphatic carbocycles. The van der Waals surface area contributed by atoms with Crippen LogP contribution in [-0.2, 0) is 0 Å². The molecule has 0 radical (unpaired) electrons. The Bertz CT molecular complexity index is 499. The van der Waals surface area contributed by atoms with Gasteiger partial charge in [0, 0.05) is 0 Å². The maximum Gasteiger partial charge on any atom is 0.139 e. The number of aryl methyl sites for hydroxylation is 2. The fraction of sp³-hybridized carbons (Fsp3) is 0.467. The van der Waals surface area contributed by atoms with Crippen LogP contribution < -0.4 is 0 Å². The van der Waals surface area contributed by atoms with Crippen molar-refractivity contribution in [1.29, 1.82) is 0 Å². The molecule has 118 valence electrons. The van der Waals surface area contributed by atoms with Gasteiger partial charge >= 0.3 is 0 Å². The number of aliphatic hydroxyl groups excluding tert-OH is 6. The van der Waals surface area contributed by atoms with Crippen LogP contribution in [0.3, 0.4) is 0 Å². The maximum atomic E-state index is 9.80. The molecule has 0 bridgehead atoms. The molecule has 4 unspecified atom stereocenters. The minimum Gasteiger partial charge on any atom is -0.509 e. The quantitative estimate of drug-likeness (QED) is 0.399. The number of rotatable bonds is 6.